The molecular formula is C11H15NO. The molecule has 0 saturated carbocycles. The molecule has 0 aliphatic carbocycles. The highest BCUT2D eigenvalue weighted by molar-refractivity contribution is 5.54. The van der Waals surface area contributed by atoms with Crippen molar-refractivity contribution in [3.8, 4) is 0 Å². The molecule has 2 rings (SSSR count). The lowest BCUT2D eigenvalue weighted by Gasteiger charge is -2.31. The van der Waals surface area contributed by atoms with Crippen LogP contribution in [0.15, 0.2) is 24.3 Å². The summed E-state index contributed by atoms with van der Waals surface area (Å²) in [6.07, 6.45) is 1.06. The minimum Gasteiger partial charge on any atom is -0.394 e. The van der Waals surface area contributed by atoms with E-state index in [2.05, 4.69) is 30.4 Å². The van der Waals surface area contributed by atoms with E-state index in [9.17, 15) is 0 Å². The molecular weight excluding hydrogens is 162 g/mol. The second-order valence-electron chi connectivity index (χ2n) is 3.77. The van der Waals surface area contributed by atoms with Crippen LogP contribution in [0.1, 0.15) is 12.5 Å². The molecule has 1 aliphatic rings. The molecule has 1 heterocycles. The summed E-state index contributed by atoms with van der Waals surface area (Å²) in [6.45, 7) is 2.39. The predicted octanol–water partition coefficient (Wildman–Crippen LogP) is 1.65. The minimum atomic E-state index is 0.217. The summed E-state index contributed by atoms with van der Waals surface area (Å²) in [7, 11) is 0. The fourth-order valence-electron chi connectivity index (χ4n) is 1.90. The molecule has 0 amide bonds. The Morgan fingerprint density at radius 1 is 1.46 bits per heavy atom. The van der Waals surface area contributed by atoms with Crippen molar-refractivity contribution in [2.24, 2.45) is 5.92 Å². The zero-order valence-electron chi connectivity index (χ0n) is 7.83. The van der Waals surface area contributed by atoms with E-state index >= 15 is 0 Å². The van der Waals surface area contributed by atoms with Gasteiger partial charge in [0.05, 0.1) is 12.6 Å². The number of benzene rings is 1. The third-order valence-electron chi connectivity index (χ3n) is 2.78. The first-order valence-electron chi connectivity index (χ1n) is 4.76. The molecule has 2 atom stereocenters. The summed E-state index contributed by atoms with van der Waals surface area (Å²) in [5, 5.41) is 12.5. The maximum Gasteiger partial charge on any atom is 0.0635 e. The Bertz CT molecular complexity index is 298. The van der Waals surface area contributed by atoms with Gasteiger partial charge in [-0.15, -0.1) is 0 Å². The Hall–Kier alpha value is -1.02. The van der Waals surface area contributed by atoms with Crippen molar-refractivity contribution in [2.75, 3.05) is 11.9 Å². The van der Waals surface area contributed by atoms with Crippen molar-refractivity contribution in [3.05, 3.63) is 29.8 Å². The van der Waals surface area contributed by atoms with Crippen LogP contribution in [0, 0.1) is 5.92 Å². The maximum atomic E-state index is 9.12. The first kappa shape index (κ1) is 8.57. The van der Waals surface area contributed by atoms with Crippen LogP contribution in [0.5, 0.6) is 0 Å². The van der Waals surface area contributed by atoms with E-state index in [0.717, 1.165) is 6.42 Å². The second-order valence-corrected chi connectivity index (χ2v) is 3.77. The molecule has 70 valence electrons. The summed E-state index contributed by atoms with van der Waals surface area (Å²) in [6, 6.07) is 8.52. The predicted molar refractivity (Wildman–Crippen MR) is 53.8 cm³/mol. The summed E-state index contributed by atoms with van der Waals surface area (Å²) < 4.78 is 0. The van der Waals surface area contributed by atoms with Crippen LogP contribution < -0.4 is 5.32 Å². The Labute approximate surface area is 78.6 Å². The first-order valence-corrected chi connectivity index (χ1v) is 4.76. The standard InChI is InChI=1S/C11H15NO/c1-8-6-9-4-2-3-5-10(9)12-11(8)7-13/h2-5,8,11-13H,6-7H2,1H3/t8-,11+/m1/s1. The zero-order valence-corrected chi connectivity index (χ0v) is 7.83. The van der Waals surface area contributed by atoms with Crippen molar-refractivity contribution in [2.45, 2.75) is 19.4 Å². The molecule has 13 heavy (non-hydrogen) atoms. The maximum absolute atomic E-state index is 9.12. The van der Waals surface area contributed by atoms with Crippen LogP contribution in [-0.4, -0.2) is 17.8 Å². The fourth-order valence-corrected chi connectivity index (χ4v) is 1.90. The molecule has 0 saturated heterocycles. The van der Waals surface area contributed by atoms with Gasteiger partial charge in [0.25, 0.3) is 0 Å². The summed E-state index contributed by atoms with van der Waals surface area (Å²) in [4.78, 5) is 0. The van der Waals surface area contributed by atoms with E-state index in [-0.39, 0.29) is 12.6 Å². The number of rotatable bonds is 1. The molecule has 0 unspecified atom stereocenters. The number of hydrogen-bond acceptors (Lipinski definition) is 2. The van der Waals surface area contributed by atoms with Crippen LogP contribution in [0.3, 0.4) is 0 Å². The first-order chi connectivity index (χ1) is 6.31. The van der Waals surface area contributed by atoms with Crippen LogP contribution in [0.2, 0.25) is 0 Å². The van der Waals surface area contributed by atoms with E-state index in [0.29, 0.717) is 5.92 Å². The SMILES string of the molecule is C[C@@H]1Cc2ccccc2N[C@H]1CO. The lowest BCUT2D eigenvalue weighted by Crippen LogP contribution is -2.36. The molecule has 0 radical (unpaired) electrons. The lowest BCUT2D eigenvalue weighted by molar-refractivity contribution is 0.239. The smallest absolute Gasteiger partial charge is 0.0635 e. The van der Waals surface area contributed by atoms with Crippen LogP contribution >= 0.6 is 0 Å². The number of nitrogens with one attached hydrogen (secondary N) is 1. The average Bonchev–Trinajstić information content (AvgIpc) is 2.17. The van der Waals surface area contributed by atoms with E-state index in [4.69, 9.17) is 5.11 Å². The third-order valence-corrected chi connectivity index (χ3v) is 2.78. The van der Waals surface area contributed by atoms with Crippen molar-refractivity contribution < 1.29 is 5.11 Å². The lowest BCUT2D eigenvalue weighted by atomic mass is 9.89. The molecule has 1 aliphatic heterocycles. The number of anilines is 1. The molecule has 0 spiro atoms. The summed E-state index contributed by atoms with van der Waals surface area (Å²) in [5.74, 6) is 0.514. The fraction of sp³-hybridized carbons (Fsp3) is 0.455. The van der Waals surface area contributed by atoms with Crippen molar-refractivity contribution in [1.82, 2.24) is 0 Å². The molecule has 1 aromatic carbocycles. The van der Waals surface area contributed by atoms with Crippen molar-refractivity contribution in [1.29, 1.82) is 0 Å². The number of fused-ring (bicyclic) bond motifs is 1. The van der Waals surface area contributed by atoms with Crippen LogP contribution in [0.25, 0.3) is 0 Å². The number of aliphatic hydroxyl groups is 1. The molecule has 0 aromatic heterocycles. The van der Waals surface area contributed by atoms with E-state index in [1.807, 2.05) is 6.07 Å². The summed E-state index contributed by atoms with van der Waals surface area (Å²) >= 11 is 0. The van der Waals surface area contributed by atoms with Crippen LogP contribution in [-0.2, 0) is 6.42 Å². The summed E-state index contributed by atoms with van der Waals surface area (Å²) in [5.41, 5.74) is 2.54. The monoisotopic (exact) mass is 177 g/mol. The van der Waals surface area contributed by atoms with Gasteiger partial charge in [-0.1, -0.05) is 25.1 Å². The van der Waals surface area contributed by atoms with Gasteiger partial charge in [-0.05, 0) is 24.0 Å². The van der Waals surface area contributed by atoms with Gasteiger partial charge in [0.1, 0.15) is 0 Å². The van der Waals surface area contributed by atoms with Gasteiger partial charge in [0.2, 0.25) is 0 Å². The second kappa shape index (κ2) is 3.38. The molecule has 2 nitrogen and oxygen atoms in total. The quantitative estimate of drug-likeness (QED) is 0.683. The largest absolute Gasteiger partial charge is 0.394 e. The van der Waals surface area contributed by atoms with Gasteiger partial charge in [-0.3, -0.25) is 0 Å². The topological polar surface area (TPSA) is 32.3 Å². The van der Waals surface area contributed by atoms with Gasteiger partial charge in [0.15, 0.2) is 0 Å². The Kier molecular flexibility index (Phi) is 2.23. The molecule has 1 aromatic rings. The van der Waals surface area contributed by atoms with Gasteiger partial charge in [-0.2, -0.15) is 0 Å². The normalized spacial score (nSPS) is 26.3. The van der Waals surface area contributed by atoms with E-state index < -0.39 is 0 Å². The molecule has 2 heteroatoms. The Morgan fingerprint density at radius 2 is 2.23 bits per heavy atom. The average molecular weight is 177 g/mol. The van der Waals surface area contributed by atoms with E-state index in [1.54, 1.807) is 0 Å². The highest BCUT2D eigenvalue weighted by atomic mass is 16.3. The van der Waals surface area contributed by atoms with E-state index in [1.165, 1.54) is 11.3 Å². The van der Waals surface area contributed by atoms with Gasteiger partial charge in [-0.25, -0.2) is 0 Å². The van der Waals surface area contributed by atoms with Gasteiger partial charge >= 0.3 is 0 Å². The highest BCUT2D eigenvalue weighted by Crippen LogP contribution is 2.27. The van der Waals surface area contributed by atoms with Crippen molar-refractivity contribution >= 4 is 5.69 Å². The molecule has 2 N–H and O–H groups in total. The number of aliphatic hydroxyl groups excluding tert-OH is 1. The molecule has 0 bridgehead atoms. The zero-order chi connectivity index (χ0) is 9.26. The van der Waals surface area contributed by atoms with Crippen molar-refractivity contribution in [3.63, 3.8) is 0 Å². The Morgan fingerprint density at radius 3 is 3.00 bits per heavy atom. The minimum absolute atomic E-state index is 0.217. The van der Waals surface area contributed by atoms with Gasteiger partial charge < -0.3 is 10.4 Å². The number of para-hydroxylation sites is 1. The Balaban J connectivity index is 2.27. The van der Waals surface area contributed by atoms with Crippen LogP contribution in [0.4, 0.5) is 5.69 Å². The third kappa shape index (κ3) is 1.54. The number of hydrogen-bond donors (Lipinski definition) is 2. The molecule has 0 fully saturated rings. The van der Waals surface area contributed by atoms with Gasteiger partial charge in [0, 0.05) is 5.69 Å². The highest BCUT2D eigenvalue weighted by Gasteiger charge is 2.23.